The fourth-order valence-corrected chi connectivity index (χ4v) is 1.00. The van der Waals surface area contributed by atoms with Crippen molar-refractivity contribution < 1.29 is 14.1 Å². The summed E-state index contributed by atoms with van der Waals surface area (Å²) in [5.74, 6) is -0.914. The van der Waals surface area contributed by atoms with Crippen molar-refractivity contribution in [1.82, 2.24) is 0 Å². The maximum atomic E-state index is 13.0. The minimum absolute atomic E-state index is 0.0714. The van der Waals surface area contributed by atoms with Crippen LogP contribution in [0.4, 0.5) is 10.1 Å². The van der Waals surface area contributed by atoms with Gasteiger partial charge in [0.2, 0.25) is 5.82 Å². The lowest BCUT2D eigenvalue weighted by molar-refractivity contribution is -0.387. The molecule has 0 N–H and O–H groups in total. The van der Waals surface area contributed by atoms with Gasteiger partial charge in [0, 0.05) is 0 Å². The largest absolute Gasteiger partial charge is 0.311 e. The van der Waals surface area contributed by atoms with E-state index in [1.54, 1.807) is 0 Å². The van der Waals surface area contributed by atoms with Crippen LogP contribution in [-0.2, 0) is 4.79 Å². The first-order chi connectivity index (χ1) is 6.66. The second-order valence-electron chi connectivity index (χ2n) is 2.43. The zero-order chi connectivity index (χ0) is 10.6. The number of carbonyl (C=O) groups excluding carboxylic acids is 1. The number of hydrogen-bond acceptors (Lipinski definition) is 3. The molecule has 0 aliphatic rings. The minimum atomic E-state index is -0.914. The number of aldehydes is 1. The molecule has 1 rings (SSSR count). The van der Waals surface area contributed by atoms with E-state index in [1.807, 2.05) is 0 Å². The smallest absolute Gasteiger partial charge is 0.299 e. The van der Waals surface area contributed by atoms with Crippen LogP contribution in [0.2, 0.25) is 0 Å². The molecular weight excluding hydrogens is 189 g/mol. The molecule has 0 atom stereocenters. The van der Waals surface area contributed by atoms with Crippen LogP contribution < -0.4 is 0 Å². The second kappa shape index (κ2) is 4.27. The molecule has 1 aromatic carbocycles. The van der Waals surface area contributed by atoms with Gasteiger partial charge in [-0.1, -0.05) is 6.07 Å². The minimum Gasteiger partial charge on any atom is -0.299 e. The first kappa shape index (κ1) is 10.0. The Balaban J connectivity index is 3.27. The lowest BCUT2D eigenvalue weighted by Crippen LogP contribution is -1.95. The highest BCUT2D eigenvalue weighted by molar-refractivity contribution is 5.76. The van der Waals surface area contributed by atoms with Crippen molar-refractivity contribution in [3.63, 3.8) is 0 Å². The number of nitro groups is 1. The number of halogens is 1. The van der Waals surface area contributed by atoms with Crippen molar-refractivity contribution in [2.45, 2.75) is 0 Å². The Morgan fingerprint density at radius 1 is 1.43 bits per heavy atom. The van der Waals surface area contributed by atoms with Gasteiger partial charge in [-0.2, -0.15) is 4.39 Å². The fraction of sp³-hybridized carbons (Fsp3) is 0. The monoisotopic (exact) mass is 195 g/mol. The van der Waals surface area contributed by atoms with Crippen molar-refractivity contribution in [3.8, 4) is 0 Å². The molecular formula is C9H6FNO3. The average Bonchev–Trinajstić information content (AvgIpc) is 2.14. The molecule has 0 spiro atoms. The first-order valence-corrected chi connectivity index (χ1v) is 3.71. The molecule has 0 aliphatic heterocycles. The van der Waals surface area contributed by atoms with E-state index >= 15 is 0 Å². The Hall–Kier alpha value is -2.04. The predicted octanol–water partition coefficient (Wildman–Crippen LogP) is 1.95. The van der Waals surface area contributed by atoms with Gasteiger partial charge in [0.05, 0.1) is 10.5 Å². The summed E-state index contributed by atoms with van der Waals surface area (Å²) in [5.41, 5.74) is -0.548. The van der Waals surface area contributed by atoms with Crippen LogP contribution in [0.25, 0.3) is 6.08 Å². The number of para-hydroxylation sites is 1. The summed E-state index contributed by atoms with van der Waals surface area (Å²) in [6.07, 6.45) is 2.73. The van der Waals surface area contributed by atoms with Gasteiger partial charge in [-0.05, 0) is 24.3 Å². The highest BCUT2D eigenvalue weighted by Gasteiger charge is 2.17. The molecule has 14 heavy (non-hydrogen) atoms. The van der Waals surface area contributed by atoms with Gasteiger partial charge in [-0.3, -0.25) is 14.9 Å². The molecule has 5 heteroatoms. The molecule has 0 saturated heterocycles. The van der Waals surface area contributed by atoms with E-state index in [9.17, 15) is 19.3 Å². The molecule has 0 amide bonds. The van der Waals surface area contributed by atoms with Crippen molar-refractivity contribution >= 4 is 18.0 Å². The Labute approximate surface area is 78.8 Å². The first-order valence-electron chi connectivity index (χ1n) is 3.71. The van der Waals surface area contributed by atoms with Crippen LogP contribution in [0.1, 0.15) is 5.56 Å². The second-order valence-corrected chi connectivity index (χ2v) is 2.43. The highest BCUT2D eigenvalue weighted by atomic mass is 19.1. The molecule has 0 bridgehead atoms. The summed E-state index contributed by atoms with van der Waals surface area (Å²) < 4.78 is 13.0. The molecule has 0 unspecified atom stereocenters. The Bertz CT molecular complexity index is 401. The van der Waals surface area contributed by atoms with E-state index in [2.05, 4.69) is 0 Å². The van der Waals surface area contributed by atoms with E-state index in [0.29, 0.717) is 6.29 Å². The normalized spacial score (nSPS) is 10.4. The fourth-order valence-electron chi connectivity index (χ4n) is 1.00. The molecule has 0 radical (unpaired) electrons. The Morgan fingerprint density at radius 2 is 2.14 bits per heavy atom. The summed E-state index contributed by atoms with van der Waals surface area (Å²) in [7, 11) is 0. The molecule has 72 valence electrons. The highest BCUT2D eigenvalue weighted by Crippen LogP contribution is 2.23. The van der Waals surface area contributed by atoms with Gasteiger partial charge in [0.1, 0.15) is 6.29 Å². The van der Waals surface area contributed by atoms with Gasteiger partial charge in [0.25, 0.3) is 0 Å². The summed E-state index contributed by atoms with van der Waals surface area (Å²) in [4.78, 5) is 19.6. The zero-order valence-electron chi connectivity index (χ0n) is 7.01. The van der Waals surface area contributed by atoms with Crippen molar-refractivity contribution in [3.05, 3.63) is 45.8 Å². The van der Waals surface area contributed by atoms with Gasteiger partial charge in [-0.15, -0.1) is 0 Å². The zero-order valence-corrected chi connectivity index (χ0v) is 7.01. The summed E-state index contributed by atoms with van der Waals surface area (Å²) in [6, 6.07) is 3.70. The average molecular weight is 195 g/mol. The standard InChI is InChI=1S/C9H6FNO3/c10-8-5-1-3-7(4-2-6-12)9(8)11(13)14/h1-6H. The van der Waals surface area contributed by atoms with E-state index in [4.69, 9.17) is 0 Å². The Morgan fingerprint density at radius 3 is 2.71 bits per heavy atom. The molecule has 1 aromatic rings. The topological polar surface area (TPSA) is 60.2 Å². The van der Waals surface area contributed by atoms with Crippen LogP contribution in [0.3, 0.4) is 0 Å². The molecule has 4 nitrogen and oxygen atoms in total. The third-order valence-electron chi connectivity index (χ3n) is 1.55. The van der Waals surface area contributed by atoms with E-state index < -0.39 is 16.4 Å². The molecule has 0 fully saturated rings. The molecule has 0 aromatic heterocycles. The third-order valence-corrected chi connectivity index (χ3v) is 1.55. The summed E-state index contributed by atoms with van der Waals surface area (Å²) >= 11 is 0. The van der Waals surface area contributed by atoms with Gasteiger partial charge in [0.15, 0.2) is 0 Å². The maximum absolute atomic E-state index is 13.0. The van der Waals surface area contributed by atoms with Crippen LogP contribution in [0, 0.1) is 15.9 Å². The van der Waals surface area contributed by atoms with E-state index in [0.717, 1.165) is 12.1 Å². The van der Waals surface area contributed by atoms with Crippen LogP contribution in [0.5, 0.6) is 0 Å². The predicted molar refractivity (Wildman–Crippen MR) is 48.2 cm³/mol. The quantitative estimate of drug-likeness (QED) is 0.320. The van der Waals surface area contributed by atoms with Crippen molar-refractivity contribution in [1.29, 1.82) is 0 Å². The molecule has 0 aliphatic carbocycles. The molecule has 0 heterocycles. The lowest BCUT2D eigenvalue weighted by atomic mass is 10.1. The number of hydrogen-bond donors (Lipinski definition) is 0. The number of nitrogens with zero attached hydrogens (tertiary/aromatic N) is 1. The lowest BCUT2D eigenvalue weighted by Gasteiger charge is -1.97. The maximum Gasteiger partial charge on any atom is 0.311 e. The van der Waals surface area contributed by atoms with E-state index in [1.165, 1.54) is 18.2 Å². The number of carbonyl (C=O) groups is 1. The third kappa shape index (κ3) is 2.01. The van der Waals surface area contributed by atoms with Gasteiger partial charge < -0.3 is 0 Å². The Kier molecular flexibility index (Phi) is 3.06. The summed E-state index contributed by atoms with van der Waals surface area (Å²) in [5, 5.41) is 10.4. The number of rotatable bonds is 3. The van der Waals surface area contributed by atoms with Crippen LogP contribution >= 0.6 is 0 Å². The number of nitro benzene ring substituents is 1. The summed E-state index contributed by atoms with van der Waals surface area (Å²) in [6.45, 7) is 0. The van der Waals surface area contributed by atoms with Crippen LogP contribution in [0.15, 0.2) is 24.3 Å². The van der Waals surface area contributed by atoms with Crippen LogP contribution in [-0.4, -0.2) is 11.2 Å². The van der Waals surface area contributed by atoms with Gasteiger partial charge >= 0.3 is 5.69 Å². The van der Waals surface area contributed by atoms with Gasteiger partial charge in [-0.25, -0.2) is 0 Å². The SMILES string of the molecule is O=CC=Cc1cccc(F)c1[N+](=O)[O-]. The van der Waals surface area contributed by atoms with Crippen molar-refractivity contribution in [2.75, 3.05) is 0 Å². The number of allylic oxidation sites excluding steroid dienone is 1. The number of benzene rings is 1. The van der Waals surface area contributed by atoms with Crippen molar-refractivity contribution in [2.24, 2.45) is 0 Å². The van der Waals surface area contributed by atoms with E-state index in [-0.39, 0.29) is 5.56 Å². The molecule has 0 saturated carbocycles.